The van der Waals surface area contributed by atoms with Crippen LogP contribution in [0.25, 0.3) is 0 Å². The average Bonchev–Trinajstić information content (AvgIpc) is 2.44. The Kier molecular flexibility index (Phi) is 5.23. The highest BCUT2D eigenvalue weighted by molar-refractivity contribution is 6.30. The number of ether oxygens (including phenoxy) is 1. The first-order valence-electron chi connectivity index (χ1n) is 6.71. The van der Waals surface area contributed by atoms with Crippen LogP contribution in [0.2, 0.25) is 5.02 Å². The van der Waals surface area contributed by atoms with Crippen LogP contribution in [0.5, 0.6) is 0 Å². The molecule has 0 spiro atoms. The minimum Gasteiger partial charge on any atom is -0.501 e. The van der Waals surface area contributed by atoms with Gasteiger partial charge in [0.1, 0.15) is 5.82 Å². The summed E-state index contributed by atoms with van der Waals surface area (Å²) >= 11 is 5.74. The van der Waals surface area contributed by atoms with E-state index in [9.17, 15) is 4.39 Å². The Morgan fingerprint density at radius 2 is 2.32 bits per heavy atom. The molecule has 0 amide bonds. The number of hydrogen-bond acceptors (Lipinski definition) is 2. The van der Waals surface area contributed by atoms with Crippen LogP contribution in [0.3, 0.4) is 0 Å². The molecule has 1 aromatic rings. The van der Waals surface area contributed by atoms with E-state index in [0.29, 0.717) is 0 Å². The number of benzene rings is 1. The fourth-order valence-corrected chi connectivity index (χ4v) is 2.36. The monoisotopic (exact) mass is 283 g/mol. The van der Waals surface area contributed by atoms with Gasteiger partial charge in [-0.3, -0.25) is 0 Å². The fourth-order valence-electron chi connectivity index (χ4n) is 2.24. The molecule has 104 valence electrons. The van der Waals surface area contributed by atoms with E-state index in [4.69, 9.17) is 16.3 Å². The Morgan fingerprint density at radius 3 is 2.95 bits per heavy atom. The molecule has 1 aliphatic heterocycles. The number of nitrogens with one attached hydrogen (secondary N) is 1. The first kappa shape index (κ1) is 14.4. The molecule has 0 aromatic heterocycles. The molecule has 0 fully saturated rings. The van der Waals surface area contributed by atoms with Crippen molar-refractivity contribution in [2.24, 2.45) is 0 Å². The molecular formula is C15H19ClFNO. The van der Waals surface area contributed by atoms with E-state index >= 15 is 0 Å². The van der Waals surface area contributed by atoms with Crippen LogP contribution in [0.4, 0.5) is 4.39 Å². The van der Waals surface area contributed by atoms with Crippen LogP contribution in [0.15, 0.2) is 30.0 Å². The zero-order valence-corrected chi connectivity index (χ0v) is 11.8. The van der Waals surface area contributed by atoms with Gasteiger partial charge in [-0.2, -0.15) is 0 Å². The van der Waals surface area contributed by atoms with E-state index in [1.165, 1.54) is 11.6 Å². The SMILES string of the molecule is CCCNC(C1=COCCC1)c1ccc(Cl)c(F)c1. The van der Waals surface area contributed by atoms with Crippen molar-refractivity contribution in [3.8, 4) is 0 Å². The standard InChI is InChI=1S/C15H19ClFNO/c1-2-7-18-15(12-4-3-8-19-10-12)11-5-6-13(16)14(17)9-11/h5-6,9-10,15,18H,2-4,7-8H2,1H3. The third-order valence-corrected chi connectivity index (χ3v) is 3.52. The first-order chi connectivity index (χ1) is 9.22. The lowest BCUT2D eigenvalue weighted by Crippen LogP contribution is -2.25. The third kappa shape index (κ3) is 3.71. The maximum Gasteiger partial charge on any atom is 0.142 e. The van der Waals surface area contributed by atoms with E-state index in [2.05, 4.69) is 12.2 Å². The minimum absolute atomic E-state index is 0.00650. The predicted octanol–water partition coefficient (Wildman–Crippen LogP) is 4.21. The molecule has 0 radical (unpaired) electrons. The average molecular weight is 284 g/mol. The highest BCUT2D eigenvalue weighted by atomic mass is 35.5. The van der Waals surface area contributed by atoms with Crippen molar-refractivity contribution in [3.63, 3.8) is 0 Å². The van der Waals surface area contributed by atoms with Gasteiger partial charge in [0.05, 0.1) is 23.9 Å². The molecule has 0 saturated heterocycles. The molecule has 1 aromatic carbocycles. The topological polar surface area (TPSA) is 21.3 Å². The molecule has 1 atom stereocenters. The Labute approximate surface area is 118 Å². The molecule has 2 rings (SSSR count). The van der Waals surface area contributed by atoms with E-state index < -0.39 is 0 Å². The zero-order chi connectivity index (χ0) is 13.7. The molecular weight excluding hydrogens is 265 g/mol. The predicted molar refractivity (Wildman–Crippen MR) is 75.7 cm³/mol. The van der Waals surface area contributed by atoms with Crippen molar-refractivity contribution in [1.82, 2.24) is 5.32 Å². The zero-order valence-electron chi connectivity index (χ0n) is 11.1. The molecule has 2 nitrogen and oxygen atoms in total. The lowest BCUT2D eigenvalue weighted by atomic mass is 9.95. The summed E-state index contributed by atoms with van der Waals surface area (Å²) in [5.41, 5.74) is 2.06. The van der Waals surface area contributed by atoms with Gasteiger partial charge in [-0.1, -0.05) is 24.6 Å². The Bertz CT molecular complexity index is 461. The molecule has 1 N–H and O–H groups in total. The first-order valence-corrected chi connectivity index (χ1v) is 7.09. The quantitative estimate of drug-likeness (QED) is 0.874. The van der Waals surface area contributed by atoms with Gasteiger partial charge in [-0.25, -0.2) is 4.39 Å². The van der Waals surface area contributed by atoms with Gasteiger partial charge < -0.3 is 10.1 Å². The van der Waals surface area contributed by atoms with Gasteiger partial charge in [0.25, 0.3) is 0 Å². The molecule has 0 saturated carbocycles. The largest absolute Gasteiger partial charge is 0.501 e. The highest BCUT2D eigenvalue weighted by Crippen LogP contribution is 2.29. The van der Waals surface area contributed by atoms with Gasteiger partial charge >= 0.3 is 0 Å². The second-order valence-corrected chi connectivity index (χ2v) is 5.13. The van der Waals surface area contributed by atoms with Gasteiger partial charge in [0, 0.05) is 0 Å². The lowest BCUT2D eigenvalue weighted by molar-refractivity contribution is 0.219. The van der Waals surface area contributed by atoms with Gasteiger partial charge in [-0.05, 0) is 49.1 Å². The molecule has 1 heterocycles. The van der Waals surface area contributed by atoms with Crippen molar-refractivity contribution >= 4 is 11.6 Å². The Balaban J connectivity index is 2.25. The summed E-state index contributed by atoms with van der Waals surface area (Å²) in [6.07, 6.45) is 4.82. The van der Waals surface area contributed by atoms with Crippen molar-refractivity contribution in [1.29, 1.82) is 0 Å². The fraction of sp³-hybridized carbons (Fsp3) is 0.467. The molecule has 0 aliphatic carbocycles. The van der Waals surface area contributed by atoms with Crippen LogP contribution in [-0.4, -0.2) is 13.2 Å². The van der Waals surface area contributed by atoms with Crippen LogP contribution < -0.4 is 5.32 Å². The van der Waals surface area contributed by atoms with E-state index in [1.54, 1.807) is 6.07 Å². The highest BCUT2D eigenvalue weighted by Gasteiger charge is 2.19. The second-order valence-electron chi connectivity index (χ2n) is 4.73. The second kappa shape index (κ2) is 6.92. The maximum atomic E-state index is 13.6. The van der Waals surface area contributed by atoms with E-state index in [0.717, 1.165) is 38.0 Å². The van der Waals surface area contributed by atoms with Crippen molar-refractivity contribution < 1.29 is 9.13 Å². The van der Waals surface area contributed by atoms with Crippen molar-refractivity contribution in [2.45, 2.75) is 32.2 Å². The summed E-state index contributed by atoms with van der Waals surface area (Å²) in [7, 11) is 0. The van der Waals surface area contributed by atoms with Gasteiger partial charge in [0.2, 0.25) is 0 Å². The molecule has 0 bridgehead atoms. The molecule has 4 heteroatoms. The van der Waals surface area contributed by atoms with Crippen LogP contribution >= 0.6 is 11.6 Å². The summed E-state index contributed by atoms with van der Waals surface area (Å²) in [6, 6.07) is 4.99. The minimum atomic E-state index is -0.375. The van der Waals surface area contributed by atoms with Gasteiger partial charge in [0.15, 0.2) is 0 Å². The number of halogens is 2. The van der Waals surface area contributed by atoms with Gasteiger partial charge in [-0.15, -0.1) is 0 Å². The third-order valence-electron chi connectivity index (χ3n) is 3.21. The molecule has 1 unspecified atom stereocenters. The summed E-state index contributed by atoms with van der Waals surface area (Å²) in [5.74, 6) is -0.375. The molecule has 19 heavy (non-hydrogen) atoms. The lowest BCUT2D eigenvalue weighted by Gasteiger charge is -2.25. The Morgan fingerprint density at radius 1 is 1.47 bits per heavy atom. The summed E-state index contributed by atoms with van der Waals surface area (Å²) < 4.78 is 19.0. The summed E-state index contributed by atoms with van der Waals surface area (Å²) in [4.78, 5) is 0. The van der Waals surface area contributed by atoms with Crippen molar-refractivity contribution in [3.05, 3.63) is 46.4 Å². The van der Waals surface area contributed by atoms with Crippen LogP contribution in [0.1, 0.15) is 37.8 Å². The van der Waals surface area contributed by atoms with Crippen LogP contribution in [-0.2, 0) is 4.74 Å². The van der Waals surface area contributed by atoms with E-state index in [1.807, 2.05) is 12.3 Å². The van der Waals surface area contributed by atoms with Crippen LogP contribution in [0, 0.1) is 5.82 Å². The number of hydrogen-bond donors (Lipinski definition) is 1. The van der Waals surface area contributed by atoms with Crippen molar-refractivity contribution in [2.75, 3.05) is 13.2 Å². The van der Waals surface area contributed by atoms with E-state index in [-0.39, 0.29) is 16.9 Å². The summed E-state index contributed by atoms with van der Waals surface area (Å²) in [5, 5.41) is 3.60. The number of rotatable bonds is 5. The molecule has 1 aliphatic rings. The normalized spacial score (nSPS) is 16.7. The Hall–Kier alpha value is -1.06. The summed E-state index contributed by atoms with van der Waals surface area (Å²) in [6.45, 7) is 3.75. The maximum absolute atomic E-state index is 13.6. The smallest absolute Gasteiger partial charge is 0.142 e.